The number of hydrogen-bond donors (Lipinski definition) is 1. The number of aromatic nitrogens is 2. The summed E-state index contributed by atoms with van der Waals surface area (Å²) in [5.74, 6) is 0.835. The summed E-state index contributed by atoms with van der Waals surface area (Å²) in [4.78, 5) is 0. The standard InChI is InChI=1S/C8H15N3O/c1-5(8(2,3)4)6-10-11-7(9)12-6/h5H,1-4H3,(H2,9,11). The van der Waals surface area contributed by atoms with Gasteiger partial charge in [0.2, 0.25) is 5.89 Å². The van der Waals surface area contributed by atoms with Crippen LogP contribution < -0.4 is 5.73 Å². The molecular formula is C8H15N3O. The predicted molar refractivity (Wildman–Crippen MR) is 46.6 cm³/mol. The average Bonchev–Trinajstić information content (AvgIpc) is 2.32. The summed E-state index contributed by atoms with van der Waals surface area (Å²) in [7, 11) is 0. The molecule has 0 radical (unpaired) electrons. The highest BCUT2D eigenvalue weighted by Gasteiger charge is 2.26. The fourth-order valence-electron chi connectivity index (χ4n) is 0.792. The third kappa shape index (κ3) is 1.75. The van der Waals surface area contributed by atoms with Crippen LogP contribution in [-0.4, -0.2) is 10.2 Å². The topological polar surface area (TPSA) is 64.9 Å². The fraction of sp³-hybridized carbons (Fsp3) is 0.750. The van der Waals surface area contributed by atoms with Gasteiger partial charge >= 0.3 is 6.01 Å². The van der Waals surface area contributed by atoms with Gasteiger partial charge < -0.3 is 10.2 Å². The normalized spacial score (nSPS) is 14.7. The fourth-order valence-corrected chi connectivity index (χ4v) is 0.792. The van der Waals surface area contributed by atoms with Crippen LogP contribution in [0, 0.1) is 5.41 Å². The highest BCUT2D eigenvalue weighted by Crippen LogP contribution is 2.33. The van der Waals surface area contributed by atoms with Gasteiger partial charge in [0.25, 0.3) is 0 Å². The van der Waals surface area contributed by atoms with Crippen LogP contribution in [0.4, 0.5) is 6.01 Å². The summed E-state index contributed by atoms with van der Waals surface area (Å²) < 4.78 is 5.13. The van der Waals surface area contributed by atoms with Crippen LogP contribution in [0.5, 0.6) is 0 Å². The lowest BCUT2D eigenvalue weighted by Crippen LogP contribution is -2.15. The summed E-state index contributed by atoms with van der Waals surface area (Å²) in [5, 5.41) is 7.45. The maximum Gasteiger partial charge on any atom is 0.312 e. The van der Waals surface area contributed by atoms with Gasteiger partial charge in [0.05, 0.1) is 0 Å². The molecule has 1 unspecified atom stereocenters. The van der Waals surface area contributed by atoms with E-state index >= 15 is 0 Å². The van der Waals surface area contributed by atoms with Crippen LogP contribution in [0.2, 0.25) is 0 Å². The predicted octanol–water partition coefficient (Wildman–Crippen LogP) is 1.80. The first-order valence-electron chi connectivity index (χ1n) is 4.00. The van der Waals surface area contributed by atoms with Gasteiger partial charge in [-0.1, -0.05) is 32.8 Å². The van der Waals surface area contributed by atoms with Crippen molar-refractivity contribution in [3.63, 3.8) is 0 Å². The molecule has 1 aromatic rings. The van der Waals surface area contributed by atoms with E-state index < -0.39 is 0 Å². The molecule has 0 aliphatic rings. The van der Waals surface area contributed by atoms with E-state index in [0.29, 0.717) is 5.89 Å². The van der Waals surface area contributed by atoms with Gasteiger partial charge in [-0.2, -0.15) is 0 Å². The average molecular weight is 169 g/mol. The molecule has 4 nitrogen and oxygen atoms in total. The van der Waals surface area contributed by atoms with Gasteiger partial charge in [-0.3, -0.25) is 0 Å². The summed E-state index contributed by atoms with van der Waals surface area (Å²) in [5.41, 5.74) is 5.44. The van der Waals surface area contributed by atoms with Crippen molar-refractivity contribution in [3.05, 3.63) is 5.89 Å². The largest absolute Gasteiger partial charge is 0.408 e. The lowest BCUT2D eigenvalue weighted by atomic mass is 9.82. The van der Waals surface area contributed by atoms with Gasteiger partial charge in [0.15, 0.2) is 0 Å². The van der Waals surface area contributed by atoms with E-state index in [-0.39, 0.29) is 17.3 Å². The number of rotatable bonds is 1. The van der Waals surface area contributed by atoms with Crippen LogP contribution in [-0.2, 0) is 0 Å². The van der Waals surface area contributed by atoms with E-state index in [4.69, 9.17) is 10.2 Å². The number of hydrogen-bond acceptors (Lipinski definition) is 4. The van der Waals surface area contributed by atoms with Gasteiger partial charge in [-0.05, 0) is 5.41 Å². The highest BCUT2D eigenvalue weighted by molar-refractivity contribution is 5.07. The molecule has 0 saturated carbocycles. The van der Waals surface area contributed by atoms with Gasteiger partial charge in [-0.15, -0.1) is 5.10 Å². The van der Waals surface area contributed by atoms with E-state index in [2.05, 4.69) is 31.0 Å². The Morgan fingerprint density at radius 3 is 2.25 bits per heavy atom. The van der Waals surface area contributed by atoms with E-state index in [9.17, 15) is 0 Å². The quantitative estimate of drug-likeness (QED) is 0.696. The third-order valence-corrected chi connectivity index (χ3v) is 2.13. The van der Waals surface area contributed by atoms with Crippen molar-refractivity contribution in [3.8, 4) is 0 Å². The molecule has 1 atom stereocenters. The first-order valence-corrected chi connectivity index (χ1v) is 4.00. The van der Waals surface area contributed by atoms with E-state index in [1.807, 2.05) is 6.92 Å². The van der Waals surface area contributed by atoms with Crippen molar-refractivity contribution in [2.75, 3.05) is 5.73 Å². The number of nitrogens with two attached hydrogens (primary N) is 1. The minimum absolute atomic E-state index is 0.124. The molecule has 12 heavy (non-hydrogen) atoms. The molecule has 0 saturated heterocycles. The summed E-state index contributed by atoms with van der Waals surface area (Å²) in [6, 6.07) is 0.140. The first-order chi connectivity index (χ1) is 5.41. The molecule has 0 aliphatic carbocycles. The number of nitrogens with zero attached hydrogens (tertiary/aromatic N) is 2. The molecule has 0 fully saturated rings. The van der Waals surface area contributed by atoms with Crippen molar-refractivity contribution >= 4 is 6.01 Å². The van der Waals surface area contributed by atoms with Crippen molar-refractivity contribution in [2.45, 2.75) is 33.6 Å². The highest BCUT2D eigenvalue weighted by atomic mass is 16.4. The maximum atomic E-state index is 5.32. The summed E-state index contributed by atoms with van der Waals surface area (Å²) >= 11 is 0. The molecule has 2 N–H and O–H groups in total. The van der Waals surface area contributed by atoms with Crippen LogP contribution in [0.25, 0.3) is 0 Å². The Hall–Kier alpha value is -1.06. The van der Waals surface area contributed by atoms with Crippen LogP contribution in [0.1, 0.15) is 39.5 Å². The third-order valence-electron chi connectivity index (χ3n) is 2.13. The molecule has 68 valence electrons. The van der Waals surface area contributed by atoms with Crippen molar-refractivity contribution in [1.29, 1.82) is 0 Å². The second-order valence-corrected chi connectivity index (χ2v) is 4.07. The summed E-state index contributed by atoms with van der Waals surface area (Å²) in [6.07, 6.45) is 0. The monoisotopic (exact) mass is 169 g/mol. The molecule has 0 aliphatic heterocycles. The smallest absolute Gasteiger partial charge is 0.312 e. The first kappa shape index (κ1) is 9.03. The lowest BCUT2D eigenvalue weighted by molar-refractivity contribution is 0.291. The second kappa shape index (κ2) is 2.77. The Balaban J connectivity index is 2.85. The maximum absolute atomic E-state index is 5.32. The molecule has 4 heteroatoms. The zero-order valence-electron chi connectivity index (χ0n) is 7.96. The lowest BCUT2D eigenvalue weighted by Gasteiger charge is -2.23. The van der Waals surface area contributed by atoms with Gasteiger partial charge in [0.1, 0.15) is 0 Å². The Bertz CT molecular complexity index is 262. The van der Waals surface area contributed by atoms with E-state index in [0.717, 1.165) is 0 Å². The second-order valence-electron chi connectivity index (χ2n) is 4.07. The molecule has 1 rings (SSSR count). The minimum Gasteiger partial charge on any atom is -0.408 e. The van der Waals surface area contributed by atoms with Crippen molar-refractivity contribution in [2.24, 2.45) is 5.41 Å². The zero-order valence-corrected chi connectivity index (χ0v) is 7.96. The van der Waals surface area contributed by atoms with Crippen molar-refractivity contribution in [1.82, 2.24) is 10.2 Å². The Morgan fingerprint density at radius 2 is 1.92 bits per heavy atom. The van der Waals surface area contributed by atoms with Crippen molar-refractivity contribution < 1.29 is 4.42 Å². The molecular weight excluding hydrogens is 154 g/mol. The zero-order chi connectivity index (χ0) is 9.35. The Kier molecular flexibility index (Phi) is 2.08. The molecule has 1 heterocycles. The van der Waals surface area contributed by atoms with Gasteiger partial charge in [0, 0.05) is 5.92 Å². The summed E-state index contributed by atoms with van der Waals surface area (Å²) in [6.45, 7) is 8.42. The van der Waals surface area contributed by atoms with Crippen LogP contribution in [0.15, 0.2) is 4.42 Å². The van der Waals surface area contributed by atoms with Crippen LogP contribution in [0.3, 0.4) is 0 Å². The minimum atomic E-state index is 0.124. The van der Waals surface area contributed by atoms with Gasteiger partial charge in [-0.25, -0.2) is 0 Å². The molecule has 0 amide bonds. The number of nitrogen functional groups attached to an aromatic ring is 1. The van der Waals surface area contributed by atoms with E-state index in [1.54, 1.807) is 0 Å². The Labute approximate surface area is 72.2 Å². The SMILES string of the molecule is CC(c1nnc(N)o1)C(C)(C)C. The van der Waals surface area contributed by atoms with Crippen LogP contribution >= 0.6 is 0 Å². The molecule has 0 bridgehead atoms. The molecule has 1 aromatic heterocycles. The van der Waals surface area contributed by atoms with E-state index in [1.165, 1.54) is 0 Å². The molecule has 0 spiro atoms. The molecule has 0 aromatic carbocycles. The Morgan fingerprint density at radius 1 is 1.33 bits per heavy atom. The number of anilines is 1.